The zero-order valence-corrected chi connectivity index (χ0v) is 22.3. The van der Waals surface area contributed by atoms with Gasteiger partial charge in [-0.25, -0.2) is 0 Å². The van der Waals surface area contributed by atoms with Crippen LogP contribution in [0, 0.1) is 13.8 Å². The normalized spacial score (nSPS) is 15.2. The van der Waals surface area contributed by atoms with Crippen LogP contribution in [0.25, 0.3) is 10.9 Å². The SMILES string of the molecule is COc1ccc(CCNC(=S)N(Cc2cc3ccc(C)c(C)c3[nH]c2=O)C[C@H]2CCCO2)cc1OC. The van der Waals surface area contributed by atoms with Gasteiger partial charge in [-0.2, -0.15) is 0 Å². The van der Waals surface area contributed by atoms with Crippen LogP contribution < -0.4 is 20.3 Å². The molecule has 4 rings (SSSR count). The van der Waals surface area contributed by atoms with Crippen LogP contribution in [0.1, 0.15) is 35.1 Å². The number of nitrogens with one attached hydrogen (secondary N) is 2. The first-order chi connectivity index (χ1) is 17.4. The van der Waals surface area contributed by atoms with Crippen LogP contribution in [0.2, 0.25) is 0 Å². The van der Waals surface area contributed by atoms with Crippen LogP contribution >= 0.6 is 12.2 Å². The highest BCUT2D eigenvalue weighted by atomic mass is 32.1. The number of aromatic nitrogens is 1. The Morgan fingerprint density at radius 2 is 1.97 bits per heavy atom. The number of H-pyrrole nitrogens is 1. The fourth-order valence-electron chi connectivity index (χ4n) is 4.61. The van der Waals surface area contributed by atoms with E-state index in [4.69, 9.17) is 26.4 Å². The van der Waals surface area contributed by atoms with Crippen LogP contribution in [-0.4, -0.2) is 55.0 Å². The van der Waals surface area contributed by atoms with Crippen molar-refractivity contribution in [2.75, 3.05) is 33.9 Å². The number of methoxy groups -OCH3 is 2. The lowest BCUT2D eigenvalue weighted by Crippen LogP contribution is -2.44. The van der Waals surface area contributed by atoms with Gasteiger partial charge in [0.25, 0.3) is 5.56 Å². The fourth-order valence-corrected chi connectivity index (χ4v) is 4.85. The Morgan fingerprint density at radius 3 is 2.69 bits per heavy atom. The molecule has 8 heteroatoms. The second-order valence-electron chi connectivity index (χ2n) is 9.28. The van der Waals surface area contributed by atoms with E-state index in [1.54, 1.807) is 14.2 Å². The molecule has 0 aliphatic carbocycles. The molecule has 1 atom stereocenters. The molecule has 0 amide bonds. The molecule has 192 valence electrons. The second kappa shape index (κ2) is 11.8. The van der Waals surface area contributed by atoms with Crippen LogP contribution in [0.5, 0.6) is 11.5 Å². The van der Waals surface area contributed by atoms with Gasteiger partial charge in [0.05, 0.1) is 32.4 Å². The molecule has 1 fully saturated rings. The predicted molar refractivity (Wildman–Crippen MR) is 147 cm³/mol. The zero-order valence-electron chi connectivity index (χ0n) is 21.5. The number of rotatable bonds is 9. The van der Waals surface area contributed by atoms with Gasteiger partial charge < -0.3 is 29.4 Å². The number of nitrogens with zero attached hydrogens (tertiary/aromatic N) is 1. The summed E-state index contributed by atoms with van der Waals surface area (Å²) in [5.74, 6) is 1.41. The van der Waals surface area contributed by atoms with E-state index in [1.807, 2.05) is 31.2 Å². The minimum absolute atomic E-state index is 0.0818. The van der Waals surface area contributed by atoms with Crippen molar-refractivity contribution in [3.8, 4) is 11.5 Å². The Morgan fingerprint density at radius 1 is 1.17 bits per heavy atom. The minimum atomic E-state index is -0.0818. The average Bonchev–Trinajstić information content (AvgIpc) is 3.40. The summed E-state index contributed by atoms with van der Waals surface area (Å²) >= 11 is 5.79. The Labute approximate surface area is 217 Å². The van der Waals surface area contributed by atoms with Gasteiger partial charge in [0.1, 0.15) is 0 Å². The Kier molecular flexibility index (Phi) is 8.48. The van der Waals surface area contributed by atoms with Gasteiger partial charge in [-0.3, -0.25) is 4.79 Å². The molecule has 0 saturated carbocycles. The smallest absolute Gasteiger partial charge is 0.253 e. The predicted octanol–water partition coefficient (Wildman–Crippen LogP) is 4.26. The van der Waals surface area contributed by atoms with Gasteiger partial charge in [0.15, 0.2) is 16.6 Å². The molecule has 7 nitrogen and oxygen atoms in total. The van der Waals surface area contributed by atoms with Crippen molar-refractivity contribution in [2.45, 2.75) is 45.8 Å². The lowest BCUT2D eigenvalue weighted by atomic mass is 10.0. The number of thiocarbonyl (C=S) groups is 1. The van der Waals surface area contributed by atoms with Gasteiger partial charge in [0, 0.05) is 25.3 Å². The largest absolute Gasteiger partial charge is 0.493 e. The van der Waals surface area contributed by atoms with Crippen molar-refractivity contribution in [1.82, 2.24) is 15.2 Å². The maximum absolute atomic E-state index is 13.0. The van der Waals surface area contributed by atoms with Crippen molar-refractivity contribution in [3.63, 3.8) is 0 Å². The molecule has 2 aromatic carbocycles. The molecule has 1 aromatic heterocycles. The highest BCUT2D eigenvalue weighted by molar-refractivity contribution is 7.80. The van der Waals surface area contributed by atoms with Crippen LogP contribution in [-0.2, 0) is 17.7 Å². The standard InChI is InChI=1S/C28H35N3O4S/c1-18-7-9-21-15-22(27(32)30-26(21)19(18)2)16-31(17-23-6-5-13-35-23)28(36)29-12-11-20-8-10-24(33-3)25(14-20)34-4/h7-10,14-15,23H,5-6,11-13,16-17H2,1-4H3,(H,29,36)(H,30,32)/t23-/m1/s1. The van der Waals surface area contributed by atoms with Gasteiger partial charge in [-0.1, -0.05) is 18.2 Å². The first-order valence-electron chi connectivity index (χ1n) is 12.4. The minimum Gasteiger partial charge on any atom is -0.493 e. The zero-order chi connectivity index (χ0) is 25.7. The van der Waals surface area contributed by atoms with E-state index < -0.39 is 0 Å². The lowest BCUT2D eigenvalue weighted by Gasteiger charge is -2.28. The maximum atomic E-state index is 13.0. The van der Waals surface area contributed by atoms with Crippen molar-refractivity contribution in [1.29, 1.82) is 0 Å². The third kappa shape index (κ3) is 5.99. The van der Waals surface area contributed by atoms with E-state index in [1.165, 1.54) is 0 Å². The van der Waals surface area contributed by atoms with E-state index in [2.05, 4.69) is 34.3 Å². The molecule has 1 aliphatic heterocycles. The highest BCUT2D eigenvalue weighted by Crippen LogP contribution is 2.27. The number of aryl methyl sites for hydroxylation is 2. The van der Waals surface area contributed by atoms with E-state index in [-0.39, 0.29) is 11.7 Å². The first kappa shape index (κ1) is 26.0. The second-order valence-corrected chi connectivity index (χ2v) is 9.67. The summed E-state index contributed by atoms with van der Waals surface area (Å²) in [6, 6.07) is 12.0. The topological polar surface area (TPSA) is 75.8 Å². The van der Waals surface area contributed by atoms with Crippen LogP contribution in [0.3, 0.4) is 0 Å². The highest BCUT2D eigenvalue weighted by Gasteiger charge is 2.22. The number of pyridine rings is 1. The molecule has 0 spiro atoms. The van der Waals surface area contributed by atoms with E-state index in [0.29, 0.717) is 41.8 Å². The Bertz CT molecular complexity index is 1280. The molecule has 1 saturated heterocycles. The summed E-state index contributed by atoms with van der Waals surface area (Å²) in [5.41, 5.74) is 4.87. The van der Waals surface area contributed by atoms with E-state index in [9.17, 15) is 4.79 Å². The van der Waals surface area contributed by atoms with E-state index >= 15 is 0 Å². The molecule has 1 aliphatic rings. The van der Waals surface area contributed by atoms with Gasteiger partial charge >= 0.3 is 0 Å². The molecule has 2 heterocycles. The fraction of sp³-hybridized carbons (Fsp3) is 0.429. The van der Waals surface area contributed by atoms with Gasteiger partial charge in [0.2, 0.25) is 0 Å². The number of fused-ring (bicyclic) bond motifs is 1. The molecular weight excluding hydrogens is 474 g/mol. The summed E-state index contributed by atoms with van der Waals surface area (Å²) in [5, 5.41) is 5.02. The number of ether oxygens (including phenoxy) is 3. The first-order valence-corrected chi connectivity index (χ1v) is 12.8. The number of hydrogen-bond acceptors (Lipinski definition) is 5. The number of benzene rings is 2. The molecule has 0 bridgehead atoms. The van der Waals surface area contributed by atoms with Crippen molar-refractivity contribution in [2.24, 2.45) is 0 Å². The van der Waals surface area contributed by atoms with Crippen molar-refractivity contribution >= 4 is 28.2 Å². The average molecular weight is 510 g/mol. The molecular formula is C28H35N3O4S. The summed E-state index contributed by atoms with van der Waals surface area (Å²) in [4.78, 5) is 18.1. The Hall–Kier alpha value is -3.10. The monoisotopic (exact) mass is 509 g/mol. The quantitative estimate of drug-likeness (QED) is 0.418. The number of hydrogen-bond donors (Lipinski definition) is 2. The summed E-state index contributed by atoms with van der Waals surface area (Å²) < 4.78 is 16.6. The van der Waals surface area contributed by atoms with E-state index in [0.717, 1.165) is 53.5 Å². The van der Waals surface area contributed by atoms with Crippen LogP contribution in [0.4, 0.5) is 0 Å². The molecule has 3 aromatic rings. The molecule has 0 unspecified atom stereocenters. The van der Waals surface area contributed by atoms with Crippen molar-refractivity contribution < 1.29 is 14.2 Å². The third-order valence-corrected chi connectivity index (χ3v) is 7.26. The molecule has 2 N–H and O–H groups in total. The third-order valence-electron chi connectivity index (χ3n) is 6.86. The van der Waals surface area contributed by atoms with Gasteiger partial charge in [-0.15, -0.1) is 0 Å². The lowest BCUT2D eigenvalue weighted by molar-refractivity contribution is 0.0897. The maximum Gasteiger partial charge on any atom is 0.253 e. The Balaban J connectivity index is 1.48. The number of aromatic amines is 1. The van der Waals surface area contributed by atoms with Crippen LogP contribution in [0.15, 0.2) is 41.2 Å². The summed E-state index contributed by atoms with van der Waals surface area (Å²) in [6.45, 7) is 6.58. The summed E-state index contributed by atoms with van der Waals surface area (Å²) in [6.07, 6.45) is 2.92. The van der Waals surface area contributed by atoms with Crippen molar-refractivity contribution in [3.05, 3.63) is 69.0 Å². The summed E-state index contributed by atoms with van der Waals surface area (Å²) in [7, 11) is 3.26. The molecule has 0 radical (unpaired) electrons. The molecule has 36 heavy (non-hydrogen) atoms. The van der Waals surface area contributed by atoms with Gasteiger partial charge in [-0.05, 0) is 85.6 Å².